The molecule has 2 N–H and O–H groups in total. The van der Waals surface area contributed by atoms with E-state index in [1.165, 1.54) is 11.1 Å². The number of nitriles is 1. The predicted octanol–water partition coefficient (Wildman–Crippen LogP) is 4.82. The van der Waals surface area contributed by atoms with Gasteiger partial charge >= 0.3 is 0 Å². The maximum absolute atomic E-state index is 9.81. The molecule has 4 heteroatoms. The first kappa shape index (κ1) is 17.1. The molecule has 0 fully saturated rings. The molecule has 134 valence electrons. The summed E-state index contributed by atoms with van der Waals surface area (Å²) < 4.78 is 2.17. The molecule has 2 heterocycles. The number of aromatic amines is 1. The van der Waals surface area contributed by atoms with Crippen molar-refractivity contribution < 1.29 is 4.40 Å². The third kappa shape index (κ3) is 2.72. The van der Waals surface area contributed by atoms with Gasteiger partial charge in [-0.15, -0.1) is 0 Å². The van der Waals surface area contributed by atoms with Crippen molar-refractivity contribution in [3.8, 4) is 6.07 Å². The summed E-state index contributed by atoms with van der Waals surface area (Å²) in [6.45, 7) is 6.36. The molecule has 0 aliphatic heterocycles. The van der Waals surface area contributed by atoms with Crippen LogP contribution < -0.4 is 9.72 Å². The number of hydrogen-bond donors (Lipinski definition) is 2. The van der Waals surface area contributed by atoms with Gasteiger partial charge in [0.2, 0.25) is 11.5 Å². The molecule has 0 amide bonds. The minimum Gasteiger partial charge on any atom is -0.298 e. The number of benzene rings is 2. The molecule has 2 aromatic carbocycles. The van der Waals surface area contributed by atoms with Gasteiger partial charge in [0.1, 0.15) is 22.7 Å². The van der Waals surface area contributed by atoms with Gasteiger partial charge in [0.25, 0.3) is 0 Å². The number of anilines is 1. The van der Waals surface area contributed by atoms with Gasteiger partial charge in [-0.2, -0.15) is 9.66 Å². The lowest BCUT2D eigenvalue weighted by Gasteiger charge is -2.17. The van der Waals surface area contributed by atoms with Crippen LogP contribution in [-0.4, -0.2) is 4.98 Å². The quantitative estimate of drug-likeness (QED) is 0.516. The minimum absolute atomic E-state index is 0.146. The molecule has 0 saturated carbocycles. The number of H-pyrrole nitrogens is 1. The van der Waals surface area contributed by atoms with Gasteiger partial charge in [-0.3, -0.25) is 10.3 Å². The zero-order valence-electron chi connectivity index (χ0n) is 15.9. The van der Waals surface area contributed by atoms with E-state index in [-0.39, 0.29) is 6.04 Å². The second-order valence-electron chi connectivity index (χ2n) is 6.90. The number of pyridine rings is 1. The fraction of sp³-hybridized carbons (Fsp3) is 0.217. The van der Waals surface area contributed by atoms with E-state index < -0.39 is 0 Å². The first-order valence-corrected chi connectivity index (χ1v) is 9.35. The Balaban J connectivity index is 2.02. The second kappa shape index (κ2) is 6.77. The number of nitrogens with zero attached hydrogens (tertiary/aromatic N) is 2. The highest BCUT2D eigenvalue weighted by Gasteiger charge is 2.26. The fourth-order valence-electron chi connectivity index (χ4n) is 3.88. The Kier molecular flexibility index (Phi) is 4.29. The van der Waals surface area contributed by atoms with E-state index >= 15 is 0 Å². The molecular formula is C23H23N4+. The largest absolute Gasteiger partial charge is 0.298 e. The van der Waals surface area contributed by atoms with Crippen LogP contribution in [0.1, 0.15) is 42.1 Å². The summed E-state index contributed by atoms with van der Waals surface area (Å²) in [6, 6.07) is 21.2. The van der Waals surface area contributed by atoms with Gasteiger partial charge in [0, 0.05) is 5.56 Å². The van der Waals surface area contributed by atoms with Gasteiger partial charge in [0.15, 0.2) is 0 Å². The van der Waals surface area contributed by atoms with Crippen LogP contribution in [0.25, 0.3) is 16.7 Å². The van der Waals surface area contributed by atoms with Crippen LogP contribution in [0.15, 0.2) is 54.6 Å². The predicted molar refractivity (Wildman–Crippen MR) is 109 cm³/mol. The smallest absolute Gasteiger partial charge is 0.250 e. The van der Waals surface area contributed by atoms with Gasteiger partial charge < -0.3 is 0 Å². The zero-order chi connectivity index (χ0) is 19.0. The first-order chi connectivity index (χ1) is 13.2. The lowest BCUT2D eigenvalue weighted by molar-refractivity contribution is -0.465. The number of aromatic nitrogens is 2. The summed E-state index contributed by atoms with van der Waals surface area (Å²) in [4.78, 5) is 3.44. The van der Waals surface area contributed by atoms with E-state index in [9.17, 15) is 5.26 Å². The maximum atomic E-state index is 9.81. The van der Waals surface area contributed by atoms with Gasteiger partial charge in [-0.05, 0) is 43.5 Å². The Morgan fingerprint density at radius 3 is 2.52 bits per heavy atom. The number of fused-ring (bicyclic) bond motifs is 3. The summed E-state index contributed by atoms with van der Waals surface area (Å²) in [7, 11) is 0. The first-order valence-electron chi connectivity index (χ1n) is 9.35. The van der Waals surface area contributed by atoms with Crippen molar-refractivity contribution in [2.45, 2.75) is 33.2 Å². The van der Waals surface area contributed by atoms with Crippen molar-refractivity contribution in [2.24, 2.45) is 0 Å². The standard InChI is InChI=1S/C23H22N4/c1-4-18-15(2)19(14-24)23-26-20-12-8-9-13-21(20)27(23)22(18)25-16(3)17-10-6-5-7-11-17/h5-13,16H,4H2,1-3H3,(H,25,26)/p+1. The van der Waals surface area contributed by atoms with Gasteiger partial charge in [-0.1, -0.05) is 49.4 Å². The van der Waals surface area contributed by atoms with E-state index in [2.05, 4.69) is 71.0 Å². The molecule has 0 radical (unpaired) electrons. The van der Waals surface area contributed by atoms with Crippen LogP contribution in [0.2, 0.25) is 0 Å². The molecule has 4 aromatic rings. The maximum Gasteiger partial charge on any atom is 0.250 e. The van der Waals surface area contributed by atoms with Crippen LogP contribution in [0.3, 0.4) is 0 Å². The van der Waals surface area contributed by atoms with Crippen molar-refractivity contribution in [2.75, 3.05) is 5.32 Å². The van der Waals surface area contributed by atoms with Crippen LogP contribution in [0.4, 0.5) is 5.82 Å². The molecule has 27 heavy (non-hydrogen) atoms. The number of rotatable bonds is 4. The monoisotopic (exact) mass is 355 g/mol. The summed E-state index contributed by atoms with van der Waals surface area (Å²) in [5, 5.41) is 13.5. The Hall–Kier alpha value is -3.32. The summed E-state index contributed by atoms with van der Waals surface area (Å²) >= 11 is 0. The average Bonchev–Trinajstić information content (AvgIpc) is 3.08. The van der Waals surface area contributed by atoms with Crippen LogP contribution >= 0.6 is 0 Å². The van der Waals surface area contributed by atoms with Crippen molar-refractivity contribution in [1.82, 2.24) is 4.98 Å². The molecule has 1 unspecified atom stereocenters. The van der Waals surface area contributed by atoms with Crippen LogP contribution in [0, 0.1) is 18.3 Å². The highest BCUT2D eigenvalue weighted by molar-refractivity contribution is 5.78. The third-order valence-electron chi connectivity index (χ3n) is 5.31. The molecule has 0 saturated heterocycles. The van der Waals surface area contributed by atoms with Crippen molar-refractivity contribution in [3.63, 3.8) is 0 Å². The molecule has 0 bridgehead atoms. The van der Waals surface area contributed by atoms with E-state index in [1.807, 2.05) is 25.1 Å². The summed E-state index contributed by atoms with van der Waals surface area (Å²) in [5.41, 5.74) is 7.09. The average molecular weight is 355 g/mol. The zero-order valence-corrected chi connectivity index (χ0v) is 15.9. The van der Waals surface area contributed by atoms with Crippen LogP contribution in [-0.2, 0) is 6.42 Å². The van der Waals surface area contributed by atoms with Crippen LogP contribution in [0.5, 0.6) is 0 Å². The van der Waals surface area contributed by atoms with E-state index in [0.29, 0.717) is 5.56 Å². The molecule has 0 aliphatic carbocycles. The van der Waals surface area contributed by atoms with Crippen molar-refractivity contribution in [1.29, 1.82) is 5.26 Å². The van der Waals surface area contributed by atoms with E-state index in [4.69, 9.17) is 0 Å². The van der Waals surface area contributed by atoms with Crippen molar-refractivity contribution in [3.05, 3.63) is 76.9 Å². The lowest BCUT2D eigenvalue weighted by atomic mass is 10.0. The molecule has 4 rings (SSSR count). The molecule has 1 atom stereocenters. The van der Waals surface area contributed by atoms with E-state index in [1.54, 1.807) is 0 Å². The van der Waals surface area contributed by atoms with Gasteiger partial charge in [0.05, 0.1) is 6.04 Å². The fourth-order valence-corrected chi connectivity index (χ4v) is 3.88. The summed E-state index contributed by atoms with van der Waals surface area (Å²) in [6.07, 6.45) is 0.854. The molecular weight excluding hydrogens is 332 g/mol. The number of hydrogen-bond acceptors (Lipinski definition) is 2. The lowest BCUT2D eigenvalue weighted by Crippen LogP contribution is -2.30. The molecule has 4 nitrogen and oxygen atoms in total. The minimum atomic E-state index is 0.146. The highest BCUT2D eigenvalue weighted by Crippen LogP contribution is 2.28. The topological polar surface area (TPSA) is 55.7 Å². The van der Waals surface area contributed by atoms with E-state index in [0.717, 1.165) is 34.5 Å². The SMILES string of the molecule is CCc1c(C)c(C#N)c2[nH]c3ccccc3[n+]2c1NC(C)c1ccccc1. The third-order valence-corrected chi connectivity index (χ3v) is 5.31. The number of imidazole rings is 1. The number of para-hydroxylation sites is 2. The molecule has 0 spiro atoms. The Bertz CT molecular complexity index is 1170. The second-order valence-corrected chi connectivity index (χ2v) is 6.90. The molecule has 2 aromatic heterocycles. The highest BCUT2D eigenvalue weighted by atomic mass is 15.1. The Morgan fingerprint density at radius 2 is 1.81 bits per heavy atom. The molecule has 0 aliphatic rings. The van der Waals surface area contributed by atoms with Gasteiger partial charge in [-0.25, -0.2) is 0 Å². The number of nitrogens with one attached hydrogen (secondary N) is 2. The Morgan fingerprint density at radius 1 is 1.11 bits per heavy atom. The van der Waals surface area contributed by atoms with Crippen molar-refractivity contribution >= 4 is 22.5 Å². The summed E-state index contributed by atoms with van der Waals surface area (Å²) in [5.74, 6) is 1.05. The normalized spacial score (nSPS) is 12.2. The Labute approximate surface area is 159 Å².